The fourth-order valence-electron chi connectivity index (χ4n) is 1.78. The Labute approximate surface area is 131 Å². The summed E-state index contributed by atoms with van der Waals surface area (Å²) in [5.74, 6) is 0.981. The quantitative estimate of drug-likeness (QED) is 0.760. The van der Waals surface area contributed by atoms with Crippen molar-refractivity contribution < 1.29 is 4.42 Å². The predicted octanol–water partition coefficient (Wildman–Crippen LogP) is 4.66. The molecular formula is C15H11Cl2N3O. The van der Waals surface area contributed by atoms with Gasteiger partial charge in [0.15, 0.2) is 0 Å². The van der Waals surface area contributed by atoms with Crippen LogP contribution in [0.15, 0.2) is 52.9 Å². The standard InChI is InChI=1S/C15H11Cl2N3O/c16-11-3-1-10(2-4-11)15-20-19-14(21-15)9-18-13-7-5-12(17)6-8-13/h1-8,18H,9H2. The molecule has 106 valence electrons. The van der Waals surface area contributed by atoms with Crippen molar-refractivity contribution >= 4 is 28.9 Å². The van der Waals surface area contributed by atoms with Crippen molar-refractivity contribution in [1.29, 1.82) is 0 Å². The molecule has 0 bridgehead atoms. The molecule has 1 heterocycles. The second kappa shape index (κ2) is 6.16. The topological polar surface area (TPSA) is 51.0 Å². The lowest BCUT2D eigenvalue weighted by Crippen LogP contribution is -1.99. The van der Waals surface area contributed by atoms with Crippen LogP contribution in [0.3, 0.4) is 0 Å². The van der Waals surface area contributed by atoms with Crippen molar-refractivity contribution in [2.24, 2.45) is 0 Å². The van der Waals surface area contributed by atoms with Gasteiger partial charge in [0.05, 0.1) is 6.54 Å². The lowest BCUT2D eigenvalue weighted by Gasteiger charge is -2.02. The second-order valence-electron chi connectivity index (χ2n) is 4.37. The van der Waals surface area contributed by atoms with E-state index in [1.807, 2.05) is 36.4 Å². The normalized spacial score (nSPS) is 10.6. The summed E-state index contributed by atoms with van der Waals surface area (Å²) in [7, 11) is 0. The fourth-order valence-corrected chi connectivity index (χ4v) is 2.03. The lowest BCUT2D eigenvalue weighted by molar-refractivity contribution is 0.515. The molecule has 0 atom stereocenters. The van der Waals surface area contributed by atoms with Crippen molar-refractivity contribution in [3.8, 4) is 11.5 Å². The first-order valence-electron chi connectivity index (χ1n) is 6.28. The molecule has 0 fully saturated rings. The summed E-state index contributed by atoms with van der Waals surface area (Å²) in [6, 6.07) is 14.7. The molecule has 0 saturated carbocycles. The van der Waals surface area contributed by atoms with E-state index in [9.17, 15) is 0 Å². The average Bonchev–Trinajstić information content (AvgIpc) is 2.96. The van der Waals surface area contributed by atoms with E-state index in [0.29, 0.717) is 28.4 Å². The Bertz CT molecular complexity index is 723. The van der Waals surface area contributed by atoms with Crippen LogP contribution in [0.1, 0.15) is 5.89 Å². The molecule has 0 radical (unpaired) electrons. The van der Waals surface area contributed by atoms with Gasteiger partial charge in [0.2, 0.25) is 11.8 Å². The Balaban J connectivity index is 1.67. The van der Waals surface area contributed by atoms with Gasteiger partial charge < -0.3 is 9.73 Å². The van der Waals surface area contributed by atoms with Crippen molar-refractivity contribution in [3.05, 3.63) is 64.5 Å². The van der Waals surface area contributed by atoms with Gasteiger partial charge in [-0.25, -0.2) is 0 Å². The molecular weight excluding hydrogens is 309 g/mol. The summed E-state index contributed by atoms with van der Waals surface area (Å²) in [4.78, 5) is 0. The van der Waals surface area contributed by atoms with Crippen LogP contribution in [0.25, 0.3) is 11.5 Å². The molecule has 1 aromatic heterocycles. The maximum Gasteiger partial charge on any atom is 0.247 e. The van der Waals surface area contributed by atoms with Crippen LogP contribution in [-0.2, 0) is 6.54 Å². The average molecular weight is 320 g/mol. The molecule has 3 rings (SSSR count). The Morgan fingerprint density at radius 3 is 2.14 bits per heavy atom. The highest BCUT2D eigenvalue weighted by molar-refractivity contribution is 6.30. The second-order valence-corrected chi connectivity index (χ2v) is 5.24. The van der Waals surface area contributed by atoms with E-state index in [2.05, 4.69) is 15.5 Å². The molecule has 0 saturated heterocycles. The number of aromatic nitrogens is 2. The molecule has 0 amide bonds. The smallest absolute Gasteiger partial charge is 0.247 e. The van der Waals surface area contributed by atoms with Crippen LogP contribution in [0.4, 0.5) is 5.69 Å². The van der Waals surface area contributed by atoms with Crippen LogP contribution in [0, 0.1) is 0 Å². The first-order chi connectivity index (χ1) is 10.2. The number of anilines is 1. The van der Waals surface area contributed by atoms with Gasteiger partial charge in [-0.05, 0) is 48.5 Å². The summed E-state index contributed by atoms with van der Waals surface area (Å²) in [5.41, 5.74) is 1.77. The van der Waals surface area contributed by atoms with Gasteiger partial charge in [0.25, 0.3) is 0 Å². The molecule has 0 aliphatic carbocycles. The van der Waals surface area contributed by atoms with E-state index in [1.165, 1.54) is 0 Å². The van der Waals surface area contributed by atoms with Gasteiger partial charge in [0.1, 0.15) is 0 Å². The zero-order valence-electron chi connectivity index (χ0n) is 10.9. The summed E-state index contributed by atoms with van der Waals surface area (Å²) in [6.45, 7) is 0.447. The Hall–Kier alpha value is -2.04. The minimum Gasteiger partial charge on any atom is -0.419 e. The fraction of sp³-hybridized carbons (Fsp3) is 0.0667. The van der Waals surface area contributed by atoms with Crippen LogP contribution in [0.2, 0.25) is 10.0 Å². The van der Waals surface area contributed by atoms with Crippen molar-refractivity contribution in [3.63, 3.8) is 0 Å². The molecule has 4 nitrogen and oxygen atoms in total. The predicted molar refractivity (Wildman–Crippen MR) is 83.5 cm³/mol. The zero-order valence-corrected chi connectivity index (χ0v) is 12.4. The highest BCUT2D eigenvalue weighted by atomic mass is 35.5. The van der Waals surface area contributed by atoms with Crippen LogP contribution >= 0.6 is 23.2 Å². The van der Waals surface area contributed by atoms with Gasteiger partial charge >= 0.3 is 0 Å². The number of halogens is 2. The Morgan fingerprint density at radius 2 is 1.48 bits per heavy atom. The molecule has 0 aliphatic heterocycles. The zero-order chi connectivity index (χ0) is 14.7. The van der Waals surface area contributed by atoms with Gasteiger partial charge in [0, 0.05) is 21.3 Å². The largest absolute Gasteiger partial charge is 0.419 e. The summed E-state index contributed by atoms with van der Waals surface area (Å²) in [5, 5.41) is 12.6. The number of hydrogen-bond donors (Lipinski definition) is 1. The van der Waals surface area contributed by atoms with Crippen LogP contribution in [-0.4, -0.2) is 10.2 Å². The lowest BCUT2D eigenvalue weighted by atomic mass is 10.2. The molecule has 21 heavy (non-hydrogen) atoms. The molecule has 1 N–H and O–H groups in total. The van der Waals surface area contributed by atoms with Gasteiger partial charge in [-0.1, -0.05) is 23.2 Å². The third-order valence-corrected chi connectivity index (χ3v) is 3.35. The number of benzene rings is 2. The first kappa shape index (κ1) is 13.9. The monoisotopic (exact) mass is 319 g/mol. The van der Waals surface area contributed by atoms with Crippen molar-refractivity contribution in [1.82, 2.24) is 10.2 Å². The van der Waals surface area contributed by atoms with Crippen LogP contribution < -0.4 is 5.32 Å². The number of rotatable bonds is 4. The highest BCUT2D eigenvalue weighted by Gasteiger charge is 2.08. The third kappa shape index (κ3) is 3.54. The Kier molecular flexibility index (Phi) is 4.08. The van der Waals surface area contributed by atoms with Crippen LogP contribution in [0.5, 0.6) is 0 Å². The highest BCUT2D eigenvalue weighted by Crippen LogP contribution is 2.20. The molecule has 0 spiro atoms. The molecule has 0 aliphatic rings. The van der Waals surface area contributed by atoms with Crippen molar-refractivity contribution in [2.75, 3.05) is 5.32 Å². The van der Waals surface area contributed by atoms with E-state index in [4.69, 9.17) is 27.6 Å². The van der Waals surface area contributed by atoms with E-state index in [-0.39, 0.29) is 0 Å². The molecule has 3 aromatic rings. The summed E-state index contributed by atoms with van der Waals surface area (Å²) in [6.07, 6.45) is 0. The summed E-state index contributed by atoms with van der Waals surface area (Å²) >= 11 is 11.7. The molecule has 6 heteroatoms. The van der Waals surface area contributed by atoms with Gasteiger partial charge in [-0.3, -0.25) is 0 Å². The number of nitrogens with zero attached hydrogens (tertiary/aromatic N) is 2. The molecule has 2 aromatic carbocycles. The van der Waals surface area contributed by atoms with Crippen molar-refractivity contribution in [2.45, 2.75) is 6.54 Å². The van der Waals surface area contributed by atoms with E-state index in [0.717, 1.165) is 11.3 Å². The number of nitrogens with one attached hydrogen (secondary N) is 1. The third-order valence-electron chi connectivity index (χ3n) is 2.85. The minimum atomic E-state index is 0.447. The maximum atomic E-state index is 5.85. The first-order valence-corrected chi connectivity index (χ1v) is 7.04. The SMILES string of the molecule is Clc1ccc(NCc2nnc(-c3ccc(Cl)cc3)o2)cc1. The maximum absolute atomic E-state index is 5.85. The van der Waals surface area contributed by atoms with E-state index in [1.54, 1.807) is 12.1 Å². The minimum absolute atomic E-state index is 0.447. The molecule has 0 unspecified atom stereocenters. The summed E-state index contributed by atoms with van der Waals surface area (Å²) < 4.78 is 5.60. The van der Waals surface area contributed by atoms with Gasteiger partial charge in [-0.15, -0.1) is 10.2 Å². The van der Waals surface area contributed by atoms with Gasteiger partial charge in [-0.2, -0.15) is 0 Å². The Morgan fingerprint density at radius 1 is 0.857 bits per heavy atom. The number of hydrogen-bond acceptors (Lipinski definition) is 4. The van der Waals surface area contributed by atoms with E-state index < -0.39 is 0 Å². The van der Waals surface area contributed by atoms with E-state index >= 15 is 0 Å².